The minimum atomic E-state index is -0.409. The monoisotopic (exact) mass is 360 g/mol. The van der Waals surface area contributed by atoms with Crippen LogP contribution in [0.5, 0.6) is 0 Å². The van der Waals surface area contributed by atoms with Crippen molar-refractivity contribution in [2.45, 2.75) is 40.0 Å². The van der Waals surface area contributed by atoms with Crippen LogP contribution in [0.3, 0.4) is 0 Å². The molecule has 1 amide bonds. The van der Waals surface area contributed by atoms with Gasteiger partial charge in [0.2, 0.25) is 0 Å². The topological polar surface area (TPSA) is 48.3 Å². The maximum Gasteiger partial charge on any atom is 0.261 e. The maximum absolute atomic E-state index is 13.1. The average molecular weight is 360 g/mol. The Labute approximate surface area is 155 Å². The Kier molecular flexibility index (Phi) is 7.91. The lowest BCUT2D eigenvalue weighted by Crippen LogP contribution is -2.28. The van der Waals surface area contributed by atoms with Crippen molar-refractivity contribution >= 4 is 23.5 Å². The highest BCUT2D eigenvalue weighted by Crippen LogP contribution is 2.25. The van der Waals surface area contributed by atoms with Gasteiger partial charge in [0.25, 0.3) is 5.91 Å². The van der Waals surface area contributed by atoms with E-state index < -0.39 is 5.92 Å². The summed E-state index contributed by atoms with van der Waals surface area (Å²) >= 11 is 0. The molecule has 1 aliphatic rings. The fourth-order valence-electron chi connectivity index (χ4n) is 3.00. The Balaban J connectivity index is 2.00. The summed E-state index contributed by atoms with van der Waals surface area (Å²) in [5.41, 5.74) is 1.41. The van der Waals surface area contributed by atoms with E-state index in [0.29, 0.717) is 12.2 Å². The van der Waals surface area contributed by atoms with Gasteiger partial charge in [0, 0.05) is 12.8 Å². The fraction of sp³-hybridized carbons (Fsp3) is 0.550. The number of hydrazone groups is 1. The third kappa shape index (κ3) is 5.21. The van der Waals surface area contributed by atoms with E-state index in [0.717, 1.165) is 44.6 Å². The summed E-state index contributed by atoms with van der Waals surface area (Å²) in [5, 5.41) is 5.84. The van der Waals surface area contributed by atoms with Gasteiger partial charge in [-0.25, -0.2) is 4.39 Å². The van der Waals surface area contributed by atoms with Crippen molar-refractivity contribution in [3.05, 3.63) is 30.1 Å². The number of rotatable bonds is 10. The van der Waals surface area contributed by atoms with Crippen LogP contribution in [0.4, 0.5) is 10.1 Å². The summed E-state index contributed by atoms with van der Waals surface area (Å²) in [4.78, 5) is 19.6. The van der Waals surface area contributed by atoms with Crippen LogP contribution in [0.1, 0.15) is 40.0 Å². The number of aliphatic imine (C=N–C) groups is 1. The van der Waals surface area contributed by atoms with E-state index in [1.165, 1.54) is 17.1 Å². The molecule has 0 unspecified atom stereocenters. The second-order valence-electron chi connectivity index (χ2n) is 6.38. The molecule has 0 bridgehead atoms. The van der Waals surface area contributed by atoms with E-state index in [-0.39, 0.29) is 11.7 Å². The number of nitrogens with zero attached hydrogens (tertiary/aromatic N) is 4. The van der Waals surface area contributed by atoms with Crippen molar-refractivity contribution < 1.29 is 9.18 Å². The number of amides is 1. The molecule has 1 aromatic rings. The van der Waals surface area contributed by atoms with E-state index in [4.69, 9.17) is 0 Å². The van der Waals surface area contributed by atoms with Gasteiger partial charge >= 0.3 is 0 Å². The number of halogens is 1. The molecule has 0 aliphatic carbocycles. The molecular weight excluding hydrogens is 331 g/mol. The lowest BCUT2D eigenvalue weighted by atomic mass is 10.0. The zero-order chi connectivity index (χ0) is 18.9. The highest BCUT2D eigenvalue weighted by atomic mass is 19.1. The van der Waals surface area contributed by atoms with Crippen molar-refractivity contribution in [1.82, 2.24) is 4.90 Å². The molecule has 5 nitrogen and oxygen atoms in total. The highest BCUT2D eigenvalue weighted by molar-refractivity contribution is 6.24. The molecular formula is C20H29FN4O. The first-order valence-corrected chi connectivity index (χ1v) is 9.49. The van der Waals surface area contributed by atoms with Crippen LogP contribution in [-0.4, -0.2) is 48.9 Å². The molecule has 0 saturated heterocycles. The number of carbonyl (C=O) groups excluding carboxylic acids is 1. The molecule has 0 fully saturated rings. The van der Waals surface area contributed by atoms with Gasteiger partial charge in [-0.3, -0.25) is 9.79 Å². The van der Waals surface area contributed by atoms with Crippen molar-refractivity contribution in [2.24, 2.45) is 16.0 Å². The summed E-state index contributed by atoms with van der Waals surface area (Å²) < 4.78 is 13.1. The van der Waals surface area contributed by atoms with E-state index in [9.17, 15) is 9.18 Å². The van der Waals surface area contributed by atoms with Gasteiger partial charge in [-0.1, -0.05) is 27.2 Å². The minimum Gasteiger partial charge on any atom is -0.304 e. The Morgan fingerprint density at radius 1 is 1.23 bits per heavy atom. The standard InChI is InChI=1S/C20H29FN4O/c1-4-8-19-18(15-22-13-7-14-24(5-2)6-3)20(26)25(23-19)17-11-9-16(21)10-12-17/h9-12,15,18H,4-8,13-14H2,1-3H3/t18-/m1/s1. The third-order valence-electron chi connectivity index (χ3n) is 4.55. The predicted octanol–water partition coefficient (Wildman–Crippen LogP) is 3.75. The Morgan fingerprint density at radius 3 is 2.54 bits per heavy atom. The first kappa shape index (κ1) is 20.2. The molecule has 0 N–H and O–H groups in total. The molecule has 1 aliphatic heterocycles. The summed E-state index contributed by atoms with van der Waals surface area (Å²) in [5.74, 6) is -0.856. The van der Waals surface area contributed by atoms with Gasteiger partial charge in [0.05, 0.1) is 11.4 Å². The van der Waals surface area contributed by atoms with Crippen molar-refractivity contribution in [2.75, 3.05) is 31.2 Å². The minimum absolute atomic E-state index is 0.118. The molecule has 26 heavy (non-hydrogen) atoms. The first-order chi connectivity index (χ1) is 12.6. The molecule has 0 spiro atoms. The second-order valence-corrected chi connectivity index (χ2v) is 6.38. The second kappa shape index (κ2) is 10.2. The molecule has 142 valence electrons. The van der Waals surface area contributed by atoms with E-state index in [1.54, 1.807) is 18.3 Å². The van der Waals surface area contributed by atoms with E-state index >= 15 is 0 Å². The van der Waals surface area contributed by atoms with E-state index in [1.807, 2.05) is 0 Å². The van der Waals surface area contributed by atoms with Gasteiger partial charge in [-0.2, -0.15) is 10.1 Å². The van der Waals surface area contributed by atoms with Gasteiger partial charge in [-0.15, -0.1) is 0 Å². The van der Waals surface area contributed by atoms with Crippen LogP contribution >= 0.6 is 0 Å². The normalized spacial score (nSPS) is 17.6. The van der Waals surface area contributed by atoms with Crippen LogP contribution in [0, 0.1) is 11.7 Å². The molecule has 1 aromatic carbocycles. The largest absolute Gasteiger partial charge is 0.304 e. The number of benzene rings is 1. The van der Waals surface area contributed by atoms with Crippen LogP contribution in [0.2, 0.25) is 0 Å². The third-order valence-corrected chi connectivity index (χ3v) is 4.55. The molecule has 0 radical (unpaired) electrons. The predicted molar refractivity (Wildman–Crippen MR) is 105 cm³/mol. The van der Waals surface area contributed by atoms with Gasteiger partial charge < -0.3 is 4.90 Å². The molecule has 0 saturated carbocycles. The summed E-state index contributed by atoms with van der Waals surface area (Å²) in [7, 11) is 0. The van der Waals surface area contributed by atoms with Crippen LogP contribution in [0.25, 0.3) is 0 Å². The van der Waals surface area contributed by atoms with Crippen molar-refractivity contribution in [3.8, 4) is 0 Å². The molecule has 2 rings (SSSR count). The number of carbonyl (C=O) groups is 1. The SMILES string of the molecule is CCCC1=NN(c2ccc(F)cc2)C(=O)[C@@H]1C=NCCCN(CC)CC. The molecule has 1 atom stereocenters. The van der Waals surface area contributed by atoms with Crippen molar-refractivity contribution in [3.63, 3.8) is 0 Å². The number of hydrogen-bond donors (Lipinski definition) is 0. The smallest absolute Gasteiger partial charge is 0.261 e. The Hall–Kier alpha value is -2.08. The van der Waals surface area contributed by atoms with Crippen LogP contribution in [-0.2, 0) is 4.79 Å². The lowest BCUT2D eigenvalue weighted by molar-refractivity contribution is -0.118. The summed E-state index contributed by atoms with van der Waals surface area (Å²) in [6.45, 7) is 10.2. The fourth-order valence-corrected chi connectivity index (χ4v) is 3.00. The molecule has 6 heteroatoms. The average Bonchev–Trinajstić information content (AvgIpc) is 2.95. The lowest BCUT2D eigenvalue weighted by Gasteiger charge is -2.16. The number of anilines is 1. The quantitative estimate of drug-likeness (QED) is 0.471. The van der Waals surface area contributed by atoms with Crippen molar-refractivity contribution in [1.29, 1.82) is 0 Å². The zero-order valence-electron chi connectivity index (χ0n) is 16.0. The highest BCUT2D eigenvalue weighted by Gasteiger charge is 2.34. The maximum atomic E-state index is 13.1. The molecule has 0 aromatic heterocycles. The molecule has 1 heterocycles. The van der Waals surface area contributed by atoms with E-state index in [2.05, 4.69) is 35.8 Å². The van der Waals surface area contributed by atoms with Gasteiger partial charge in [0.15, 0.2) is 0 Å². The van der Waals surface area contributed by atoms with Gasteiger partial charge in [0.1, 0.15) is 11.7 Å². The first-order valence-electron chi connectivity index (χ1n) is 9.49. The van der Waals surface area contributed by atoms with Gasteiger partial charge in [-0.05, 0) is 56.7 Å². The Morgan fingerprint density at radius 2 is 1.92 bits per heavy atom. The van der Waals surface area contributed by atoms with Crippen LogP contribution in [0.15, 0.2) is 34.4 Å². The number of hydrogen-bond acceptors (Lipinski definition) is 4. The Bertz CT molecular complexity index is 638. The zero-order valence-corrected chi connectivity index (χ0v) is 16.0. The summed E-state index contributed by atoms with van der Waals surface area (Å²) in [6.07, 6.45) is 4.37. The summed E-state index contributed by atoms with van der Waals surface area (Å²) in [6, 6.07) is 5.83. The van der Waals surface area contributed by atoms with Crippen LogP contribution < -0.4 is 5.01 Å².